The molecule has 0 aliphatic heterocycles. The van der Waals surface area contributed by atoms with Crippen LogP contribution >= 0.6 is 7.82 Å². The van der Waals surface area contributed by atoms with Crippen molar-refractivity contribution < 1.29 is 18.9 Å². The van der Waals surface area contributed by atoms with Crippen LogP contribution in [0.5, 0.6) is 0 Å². The van der Waals surface area contributed by atoms with Crippen LogP contribution in [0.25, 0.3) is 0 Å². The Morgan fingerprint density at radius 2 is 1.12 bits per heavy atom. The van der Waals surface area contributed by atoms with Crippen molar-refractivity contribution in [1.29, 1.82) is 0 Å². The molecule has 0 aliphatic carbocycles. The second-order valence-electron chi connectivity index (χ2n) is 6.72. The zero-order valence-electron chi connectivity index (χ0n) is 16.0. The Hall–Kier alpha value is 0.876. The molecule has 24 heavy (non-hydrogen) atoms. The molecule has 0 bridgehead atoms. The molecule has 4 nitrogen and oxygen atoms in total. The second-order valence-corrected chi connectivity index (χ2v) is 7.87. The second kappa shape index (κ2) is 18.7. The predicted octanol–water partition coefficient (Wildman–Crippen LogP) is 4.57. The molecule has 0 heterocycles. The third-order valence-electron chi connectivity index (χ3n) is 4.40. The first-order valence-corrected chi connectivity index (χ1v) is 11.1. The average molecular weight is 373 g/mol. The minimum Gasteiger partial charge on any atom is -0.790 e. The van der Waals surface area contributed by atoms with Gasteiger partial charge >= 0.3 is 23.1 Å². The molecule has 0 amide bonds. The van der Waals surface area contributed by atoms with E-state index in [0.29, 0.717) is 0 Å². The Bertz CT molecular complexity index is 297. The number of hydrogen-bond donors (Lipinski definition) is 0. The van der Waals surface area contributed by atoms with Gasteiger partial charge in [-0.25, -0.2) is 0 Å². The van der Waals surface area contributed by atoms with Gasteiger partial charge in [0, 0.05) is 0 Å². The Kier molecular flexibility index (Phi) is 21.1. The maximum Gasteiger partial charge on any atom is 2.00 e. The monoisotopic (exact) mass is 372 g/mol. The molecule has 6 heteroatoms. The molecule has 140 valence electrons. The van der Waals surface area contributed by atoms with Gasteiger partial charge in [-0.2, -0.15) is 0 Å². The summed E-state index contributed by atoms with van der Waals surface area (Å²) in [5.41, 5.74) is 0. The van der Waals surface area contributed by atoms with Crippen LogP contribution in [0.4, 0.5) is 0 Å². The standard InChI is InChI=1S/C18H39O4P.Mg/c1-3-5-7-9-10-11-12-14-16-18(15-13-8-6-4-2)17-22-23(19,20)21;/h18H,3-17H2,1-2H3,(H2,19,20,21);/q;+2/p-2. The first-order valence-electron chi connectivity index (χ1n) is 9.66. The fourth-order valence-electron chi connectivity index (χ4n) is 2.93. The molecule has 1 atom stereocenters. The molecule has 0 radical (unpaired) electrons. The SMILES string of the molecule is CCCCCCCCCCC(CCCCCC)COP(=O)([O-])[O-].[Mg+2]. The van der Waals surface area contributed by atoms with E-state index in [-0.39, 0.29) is 35.6 Å². The van der Waals surface area contributed by atoms with E-state index in [4.69, 9.17) is 0 Å². The van der Waals surface area contributed by atoms with Crippen molar-refractivity contribution in [3.8, 4) is 0 Å². The van der Waals surface area contributed by atoms with E-state index in [1.54, 1.807) is 0 Å². The van der Waals surface area contributed by atoms with E-state index in [1.165, 1.54) is 64.2 Å². The van der Waals surface area contributed by atoms with Gasteiger partial charge in [0.25, 0.3) is 0 Å². The van der Waals surface area contributed by atoms with Crippen LogP contribution in [-0.2, 0) is 9.09 Å². The largest absolute Gasteiger partial charge is 2.00 e. The maximum atomic E-state index is 10.7. The van der Waals surface area contributed by atoms with Crippen LogP contribution in [0.1, 0.15) is 104 Å². The molecule has 0 fully saturated rings. The number of unbranched alkanes of at least 4 members (excludes halogenated alkanes) is 10. The molecule has 0 rings (SSSR count). The van der Waals surface area contributed by atoms with Crippen molar-refractivity contribution in [2.24, 2.45) is 5.92 Å². The number of phosphoric ester groups is 1. The van der Waals surface area contributed by atoms with E-state index < -0.39 is 7.82 Å². The van der Waals surface area contributed by atoms with E-state index in [1.807, 2.05) is 0 Å². The van der Waals surface area contributed by atoms with Crippen molar-refractivity contribution in [2.75, 3.05) is 6.61 Å². The van der Waals surface area contributed by atoms with Crippen LogP contribution in [0.2, 0.25) is 0 Å². The smallest absolute Gasteiger partial charge is 0.790 e. The van der Waals surface area contributed by atoms with Gasteiger partial charge in [0.1, 0.15) is 0 Å². The topological polar surface area (TPSA) is 72.4 Å². The first kappa shape index (κ1) is 27.1. The van der Waals surface area contributed by atoms with Gasteiger partial charge in [-0.05, 0) is 18.8 Å². The summed E-state index contributed by atoms with van der Waals surface area (Å²) in [6.07, 6.45) is 16.8. The van der Waals surface area contributed by atoms with Crippen molar-refractivity contribution >= 4 is 30.9 Å². The molecule has 0 spiro atoms. The minimum absolute atomic E-state index is 0. The molecule has 0 aromatic heterocycles. The van der Waals surface area contributed by atoms with Gasteiger partial charge in [-0.3, -0.25) is 0 Å². The quantitative estimate of drug-likeness (QED) is 0.213. The van der Waals surface area contributed by atoms with Crippen LogP contribution in [0, 0.1) is 5.92 Å². The minimum atomic E-state index is -4.83. The van der Waals surface area contributed by atoms with Crippen LogP contribution in [-0.4, -0.2) is 29.7 Å². The fraction of sp³-hybridized carbons (Fsp3) is 1.00. The van der Waals surface area contributed by atoms with Crippen molar-refractivity contribution in [2.45, 2.75) is 104 Å². The number of rotatable bonds is 17. The van der Waals surface area contributed by atoms with E-state index in [0.717, 1.165) is 25.7 Å². The predicted molar refractivity (Wildman–Crippen MR) is 98.8 cm³/mol. The summed E-state index contributed by atoms with van der Waals surface area (Å²) in [7, 11) is -4.83. The van der Waals surface area contributed by atoms with E-state index in [9.17, 15) is 14.4 Å². The van der Waals surface area contributed by atoms with Crippen LogP contribution in [0.3, 0.4) is 0 Å². The summed E-state index contributed by atoms with van der Waals surface area (Å²) in [6, 6.07) is 0. The fourth-order valence-corrected chi connectivity index (χ4v) is 3.33. The van der Waals surface area contributed by atoms with E-state index >= 15 is 0 Å². The first-order chi connectivity index (χ1) is 11.0. The van der Waals surface area contributed by atoms with Gasteiger partial charge in [0.15, 0.2) is 0 Å². The number of hydrogen-bond acceptors (Lipinski definition) is 4. The Labute approximate surface area is 165 Å². The molecule has 0 saturated carbocycles. The Morgan fingerprint density at radius 1 is 0.750 bits per heavy atom. The van der Waals surface area contributed by atoms with Crippen molar-refractivity contribution in [3.05, 3.63) is 0 Å². The molecule has 0 aromatic rings. The van der Waals surface area contributed by atoms with Crippen molar-refractivity contribution in [3.63, 3.8) is 0 Å². The summed E-state index contributed by atoms with van der Waals surface area (Å²) in [5, 5.41) is 0. The summed E-state index contributed by atoms with van der Waals surface area (Å²) >= 11 is 0. The van der Waals surface area contributed by atoms with Crippen LogP contribution < -0.4 is 9.79 Å². The van der Waals surface area contributed by atoms with E-state index in [2.05, 4.69) is 18.4 Å². The van der Waals surface area contributed by atoms with Gasteiger partial charge < -0.3 is 18.9 Å². The van der Waals surface area contributed by atoms with Gasteiger partial charge in [0.05, 0.1) is 14.4 Å². The molecule has 1 unspecified atom stereocenters. The summed E-state index contributed by atoms with van der Waals surface area (Å²) < 4.78 is 15.2. The average Bonchev–Trinajstić information content (AvgIpc) is 2.50. The normalized spacial score (nSPS) is 12.8. The summed E-state index contributed by atoms with van der Waals surface area (Å²) in [5.74, 6) is 0.211. The van der Waals surface area contributed by atoms with Crippen molar-refractivity contribution in [1.82, 2.24) is 0 Å². The zero-order valence-corrected chi connectivity index (χ0v) is 18.3. The molecular formula is C18H37MgO4P. The van der Waals surface area contributed by atoms with Gasteiger partial charge in [-0.15, -0.1) is 0 Å². The van der Waals surface area contributed by atoms with Gasteiger partial charge in [0.2, 0.25) is 0 Å². The third kappa shape index (κ3) is 20.9. The Balaban J connectivity index is 0. The molecule has 0 aromatic carbocycles. The Morgan fingerprint density at radius 3 is 1.54 bits per heavy atom. The zero-order chi connectivity index (χ0) is 17.4. The molecular weight excluding hydrogens is 335 g/mol. The third-order valence-corrected chi connectivity index (χ3v) is 4.87. The molecule has 0 N–H and O–H groups in total. The van der Waals surface area contributed by atoms with Crippen LogP contribution in [0.15, 0.2) is 0 Å². The maximum absolute atomic E-state index is 10.7. The number of phosphoric acid groups is 1. The van der Waals surface area contributed by atoms with Gasteiger partial charge in [-0.1, -0.05) is 90.9 Å². The summed E-state index contributed by atoms with van der Waals surface area (Å²) in [6.45, 7) is 4.48. The molecule has 0 saturated heterocycles. The molecule has 0 aliphatic rings. The summed E-state index contributed by atoms with van der Waals surface area (Å²) in [4.78, 5) is 21.3.